The molecule has 1 aromatic heterocycles. The predicted octanol–water partition coefficient (Wildman–Crippen LogP) is 0.924. The number of hydrogen-bond acceptors (Lipinski definition) is 3. The molecule has 82 valence electrons. The maximum atomic E-state index is 11.9. The van der Waals surface area contributed by atoms with Gasteiger partial charge in [0.25, 0.3) is 5.91 Å². The van der Waals surface area contributed by atoms with E-state index in [0.717, 1.165) is 0 Å². The van der Waals surface area contributed by atoms with Crippen molar-refractivity contribution in [3.8, 4) is 0 Å². The molecule has 1 aromatic rings. The number of likely N-dealkylation sites (N-methyl/N-ethyl adjacent to an activating group) is 1. The highest BCUT2D eigenvalue weighted by Gasteiger charge is 2.27. The summed E-state index contributed by atoms with van der Waals surface area (Å²) in [5.41, 5.74) is 0.0226. The van der Waals surface area contributed by atoms with Gasteiger partial charge in [0.15, 0.2) is 0 Å². The molecule has 0 aliphatic heterocycles. The number of aliphatic hydroxyl groups excluding tert-OH is 1. The number of aromatic nitrogens is 1. The van der Waals surface area contributed by atoms with Gasteiger partial charge in [-0.1, -0.05) is 0 Å². The summed E-state index contributed by atoms with van der Waals surface area (Å²) >= 11 is 0. The third-order valence-corrected chi connectivity index (χ3v) is 2.53. The largest absolute Gasteiger partial charge is 0.394 e. The maximum Gasteiger partial charge on any atom is 0.254 e. The molecule has 0 aliphatic rings. The van der Waals surface area contributed by atoms with E-state index in [4.69, 9.17) is 5.11 Å². The van der Waals surface area contributed by atoms with Gasteiger partial charge in [-0.2, -0.15) is 0 Å². The van der Waals surface area contributed by atoms with Crippen molar-refractivity contribution < 1.29 is 9.90 Å². The molecule has 1 N–H and O–H groups in total. The SMILES string of the molecule is CN(C(=O)c1ccncc1)C(C)(C)CO. The van der Waals surface area contributed by atoms with Crippen molar-refractivity contribution in [2.24, 2.45) is 0 Å². The molecule has 0 saturated carbocycles. The molecular weight excluding hydrogens is 192 g/mol. The van der Waals surface area contributed by atoms with Crippen LogP contribution in [0.1, 0.15) is 24.2 Å². The quantitative estimate of drug-likeness (QED) is 0.803. The number of nitrogens with zero attached hydrogens (tertiary/aromatic N) is 2. The van der Waals surface area contributed by atoms with Crippen LogP contribution in [0.15, 0.2) is 24.5 Å². The van der Waals surface area contributed by atoms with E-state index in [9.17, 15) is 4.79 Å². The molecule has 1 heterocycles. The van der Waals surface area contributed by atoms with E-state index < -0.39 is 5.54 Å². The van der Waals surface area contributed by atoms with Gasteiger partial charge in [-0.05, 0) is 26.0 Å². The first-order valence-electron chi connectivity index (χ1n) is 4.78. The molecule has 0 saturated heterocycles. The Morgan fingerprint density at radius 2 is 2.00 bits per heavy atom. The van der Waals surface area contributed by atoms with Gasteiger partial charge in [0.1, 0.15) is 0 Å². The fourth-order valence-corrected chi connectivity index (χ4v) is 1.07. The normalized spacial score (nSPS) is 11.2. The fraction of sp³-hybridized carbons (Fsp3) is 0.455. The van der Waals surface area contributed by atoms with Crippen molar-refractivity contribution in [2.45, 2.75) is 19.4 Å². The lowest BCUT2D eigenvalue weighted by molar-refractivity contribution is 0.0473. The first-order valence-corrected chi connectivity index (χ1v) is 4.78. The Hall–Kier alpha value is -1.42. The Morgan fingerprint density at radius 1 is 1.47 bits per heavy atom. The van der Waals surface area contributed by atoms with Gasteiger partial charge in [0, 0.05) is 25.0 Å². The summed E-state index contributed by atoms with van der Waals surface area (Å²) in [7, 11) is 1.68. The number of pyridine rings is 1. The average molecular weight is 208 g/mol. The lowest BCUT2D eigenvalue weighted by atomic mass is 10.0. The Labute approximate surface area is 89.6 Å². The van der Waals surface area contributed by atoms with Crippen molar-refractivity contribution >= 4 is 5.91 Å². The number of amides is 1. The van der Waals surface area contributed by atoms with Crippen LogP contribution in [0, 0.1) is 0 Å². The van der Waals surface area contributed by atoms with E-state index in [0.29, 0.717) is 5.56 Å². The summed E-state index contributed by atoms with van der Waals surface area (Å²) < 4.78 is 0. The van der Waals surface area contributed by atoms with Crippen molar-refractivity contribution in [3.63, 3.8) is 0 Å². The highest BCUT2D eigenvalue weighted by atomic mass is 16.3. The van der Waals surface area contributed by atoms with E-state index in [2.05, 4.69) is 4.98 Å². The predicted molar refractivity (Wildman–Crippen MR) is 57.5 cm³/mol. The summed E-state index contributed by atoms with van der Waals surface area (Å²) in [5.74, 6) is -0.114. The Balaban J connectivity index is 2.87. The Kier molecular flexibility index (Phi) is 3.42. The summed E-state index contributed by atoms with van der Waals surface area (Å²) in [4.78, 5) is 17.3. The van der Waals surface area contributed by atoms with Crippen LogP contribution in [0.2, 0.25) is 0 Å². The minimum Gasteiger partial charge on any atom is -0.394 e. The molecule has 4 nitrogen and oxygen atoms in total. The van der Waals surface area contributed by atoms with Gasteiger partial charge in [-0.15, -0.1) is 0 Å². The molecule has 0 radical (unpaired) electrons. The van der Waals surface area contributed by atoms with Crippen molar-refractivity contribution in [2.75, 3.05) is 13.7 Å². The van der Waals surface area contributed by atoms with Crippen molar-refractivity contribution in [1.82, 2.24) is 9.88 Å². The highest BCUT2D eigenvalue weighted by Crippen LogP contribution is 2.14. The maximum absolute atomic E-state index is 11.9. The van der Waals surface area contributed by atoms with Crippen LogP contribution in [-0.2, 0) is 0 Å². The Morgan fingerprint density at radius 3 is 2.47 bits per heavy atom. The van der Waals surface area contributed by atoms with Crippen molar-refractivity contribution in [1.29, 1.82) is 0 Å². The highest BCUT2D eigenvalue weighted by molar-refractivity contribution is 5.94. The number of aliphatic hydroxyl groups is 1. The lowest BCUT2D eigenvalue weighted by Gasteiger charge is -2.33. The molecule has 15 heavy (non-hydrogen) atoms. The molecule has 0 spiro atoms. The summed E-state index contributed by atoms with van der Waals surface area (Å²) in [6.07, 6.45) is 3.15. The minimum atomic E-state index is -0.555. The molecule has 0 bridgehead atoms. The van der Waals surface area contributed by atoms with Crippen LogP contribution in [0.4, 0.5) is 0 Å². The van der Waals surface area contributed by atoms with E-state index >= 15 is 0 Å². The molecule has 1 rings (SSSR count). The summed E-state index contributed by atoms with van der Waals surface area (Å²) in [5, 5.41) is 9.15. The minimum absolute atomic E-state index is 0.0691. The van der Waals surface area contributed by atoms with E-state index in [1.165, 1.54) is 4.90 Å². The van der Waals surface area contributed by atoms with E-state index in [1.54, 1.807) is 31.6 Å². The molecule has 0 aliphatic carbocycles. The molecular formula is C11H16N2O2. The molecule has 0 fully saturated rings. The Bertz CT molecular complexity index is 336. The third-order valence-electron chi connectivity index (χ3n) is 2.53. The standard InChI is InChI=1S/C11H16N2O2/c1-11(2,8-14)13(3)10(15)9-4-6-12-7-5-9/h4-7,14H,8H2,1-3H3. The second-order valence-electron chi connectivity index (χ2n) is 4.07. The molecule has 0 atom stereocenters. The number of carbonyl (C=O) groups is 1. The summed E-state index contributed by atoms with van der Waals surface area (Å²) in [6, 6.07) is 3.32. The van der Waals surface area contributed by atoms with E-state index in [1.807, 2.05) is 13.8 Å². The van der Waals surface area contributed by atoms with Gasteiger partial charge >= 0.3 is 0 Å². The lowest BCUT2D eigenvalue weighted by Crippen LogP contribution is -2.47. The zero-order valence-electron chi connectivity index (χ0n) is 9.27. The van der Waals surface area contributed by atoms with Crippen LogP contribution >= 0.6 is 0 Å². The molecule has 0 unspecified atom stereocenters. The monoisotopic (exact) mass is 208 g/mol. The number of rotatable bonds is 3. The second kappa shape index (κ2) is 4.40. The van der Waals surface area contributed by atoms with Crippen LogP contribution in [-0.4, -0.2) is 40.1 Å². The zero-order chi connectivity index (χ0) is 11.5. The average Bonchev–Trinajstić information content (AvgIpc) is 2.28. The molecule has 0 aromatic carbocycles. The second-order valence-corrected chi connectivity index (χ2v) is 4.07. The first-order chi connectivity index (χ1) is 6.99. The van der Waals surface area contributed by atoms with Gasteiger partial charge in [-0.3, -0.25) is 9.78 Å². The van der Waals surface area contributed by atoms with Crippen LogP contribution in [0.5, 0.6) is 0 Å². The molecule has 4 heteroatoms. The molecule has 1 amide bonds. The number of hydrogen-bond donors (Lipinski definition) is 1. The first kappa shape index (κ1) is 11.7. The van der Waals surface area contributed by atoms with Gasteiger partial charge < -0.3 is 10.0 Å². The smallest absolute Gasteiger partial charge is 0.254 e. The topological polar surface area (TPSA) is 53.4 Å². The zero-order valence-corrected chi connectivity index (χ0v) is 9.27. The van der Waals surface area contributed by atoms with Crippen molar-refractivity contribution in [3.05, 3.63) is 30.1 Å². The van der Waals surface area contributed by atoms with Gasteiger partial charge in [-0.25, -0.2) is 0 Å². The van der Waals surface area contributed by atoms with Gasteiger partial charge in [0.05, 0.1) is 12.1 Å². The van der Waals surface area contributed by atoms with Crippen LogP contribution in [0.25, 0.3) is 0 Å². The third kappa shape index (κ3) is 2.53. The van der Waals surface area contributed by atoms with Crippen LogP contribution < -0.4 is 0 Å². The number of carbonyl (C=O) groups excluding carboxylic acids is 1. The fourth-order valence-electron chi connectivity index (χ4n) is 1.07. The van der Waals surface area contributed by atoms with Gasteiger partial charge in [0.2, 0.25) is 0 Å². The summed E-state index contributed by atoms with van der Waals surface area (Å²) in [6.45, 7) is 3.55. The van der Waals surface area contributed by atoms with Crippen LogP contribution in [0.3, 0.4) is 0 Å². The van der Waals surface area contributed by atoms with E-state index in [-0.39, 0.29) is 12.5 Å².